The quantitative estimate of drug-likeness (QED) is 0.882. The summed E-state index contributed by atoms with van der Waals surface area (Å²) in [6.07, 6.45) is 0.583. The second kappa shape index (κ2) is 7.37. The molecule has 0 unspecified atom stereocenters. The van der Waals surface area contributed by atoms with Crippen LogP contribution in [-0.2, 0) is 16.3 Å². The van der Waals surface area contributed by atoms with E-state index in [-0.39, 0.29) is 17.5 Å². The Balaban J connectivity index is 1.89. The Labute approximate surface area is 135 Å². The predicted molar refractivity (Wildman–Crippen MR) is 86.6 cm³/mol. The number of amides is 1. The largest absolute Gasteiger partial charge is 0.352 e. The number of sulfone groups is 1. The highest BCUT2D eigenvalue weighted by atomic mass is 32.2. The Morgan fingerprint density at radius 2 is 1.65 bits per heavy atom. The highest BCUT2D eigenvalue weighted by Gasteiger charge is 2.10. The molecule has 2 rings (SSSR count). The lowest BCUT2D eigenvalue weighted by molar-refractivity contribution is 0.0954. The van der Waals surface area contributed by atoms with Gasteiger partial charge in [-0.15, -0.1) is 0 Å². The van der Waals surface area contributed by atoms with Crippen LogP contribution in [-0.4, -0.2) is 26.6 Å². The van der Waals surface area contributed by atoms with Gasteiger partial charge in [0.05, 0.1) is 10.6 Å². The number of rotatable bonds is 6. The summed E-state index contributed by atoms with van der Waals surface area (Å²) in [7, 11) is -3.19. The fraction of sp³-hybridized carbons (Fsp3) is 0.235. The van der Waals surface area contributed by atoms with Gasteiger partial charge in [-0.3, -0.25) is 4.79 Å². The molecule has 122 valence electrons. The van der Waals surface area contributed by atoms with Crippen molar-refractivity contribution in [1.29, 1.82) is 0 Å². The van der Waals surface area contributed by atoms with E-state index in [2.05, 4.69) is 5.32 Å². The molecule has 0 aliphatic rings. The average molecular weight is 335 g/mol. The van der Waals surface area contributed by atoms with Gasteiger partial charge in [0.25, 0.3) is 5.91 Å². The third-order valence-electron chi connectivity index (χ3n) is 3.47. The number of carbonyl (C=O) groups is 1. The standard InChI is InChI=1S/C17H18FNO3S/c1-2-23(21,22)16-9-3-13(4-10-16)11-12-19-17(20)14-5-7-15(18)8-6-14/h3-10H,2,11-12H2,1H3,(H,19,20). The fourth-order valence-electron chi connectivity index (χ4n) is 2.05. The molecule has 0 saturated carbocycles. The number of hydrogen-bond donors (Lipinski definition) is 1. The average Bonchev–Trinajstić information content (AvgIpc) is 2.56. The molecule has 23 heavy (non-hydrogen) atoms. The molecule has 2 aromatic rings. The third-order valence-corrected chi connectivity index (χ3v) is 5.22. The van der Waals surface area contributed by atoms with Crippen molar-refractivity contribution in [3.63, 3.8) is 0 Å². The number of benzene rings is 2. The van der Waals surface area contributed by atoms with Crippen LogP contribution in [0.25, 0.3) is 0 Å². The van der Waals surface area contributed by atoms with E-state index in [1.165, 1.54) is 24.3 Å². The van der Waals surface area contributed by atoms with E-state index in [4.69, 9.17) is 0 Å². The normalized spacial score (nSPS) is 11.2. The van der Waals surface area contributed by atoms with Gasteiger partial charge in [-0.1, -0.05) is 19.1 Å². The van der Waals surface area contributed by atoms with E-state index < -0.39 is 9.84 Å². The van der Waals surface area contributed by atoms with Crippen molar-refractivity contribution in [1.82, 2.24) is 5.32 Å². The minimum atomic E-state index is -3.19. The maximum atomic E-state index is 12.8. The molecule has 0 radical (unpaired) electrons. The summed E-state index contributed by atoms with van der Waals surface area (Å²) in [6, 6.07) is 12.0. The van der Waals surface area contributed by atoms with Crippen molar-refractivity contribution < 1.29 is 17.6 Å². The molecule has 6 heteroatoms. The summed E-state index contributed by atoms with van der Waals surface area (Å²) >= 11 is 0. The number of halogens is 1. The lowest BCUT2D eigenvalue weighted by Gasteiger charge is -2.07. The zero-order valence-electron chi connectivity index (χ0n) is 12.8. The maximum absolute atomic E-state index is 12.8. The van der Waals surface area contributed by atoms with Gasteiger partial charge in [0.15, 0.2) is 9.84 Å². The SMILES string of the molecule is CCS(=O)(=O)c1ccc(CCNC(=O)c2ccc(F)cc2)cc1. The molecule has 0 spiro atoms. The van der Waals surface area contributed by atoms with Gasteiger partial charge in [0, 0.05) is 12.1 Å². The van der Waals surface area contributed by atoms with Crippen LogP contribution in [0, 0.1) is 5.82 Å². The second-order valence-corrected chi connectivity index (χ2v) is 7.34. The van der Waals surface area contributed by atoms with E-state index >= 15 is 0 Å². The number of nitrogens with one attached hydrogen (secondary N) is 1. The lowest BCUT2D eigenvalue weighted by atomic mass is 10.1. The van der Waals surface area contributed by atoms with Crippen LogP contribution in [0.15, 0.2) is 53.4 Å². The molecule has 0 bridgehead atoms. The van der Waals surface area contributed by atoms with Crippen molar-refractivity contribution >= 4 is 15.7 Å². The van der Waals surface area contributed by atoms with Crippen molar-refractivity contribution in [2.24, 2.45) is 0 Å². The summed E-state index contributed by atoms with van der Waals surface area (Å²) in [6.45, 7) is 2.02. The zero-order chi connectivity index (χ0) is 16.9. The Kier molecular flexibility index (Phi) is 5.50. The van der Waals surface area contributed by atoms with E-state index in [9.17, 15) is 17.6 Å². The van der Waals surface area contributed by atoms with Gasteiger partial charge in [-0.05, 0) is 48.4 Å². The van der Waals surface area contributed by atoms with Crippen molar-refractivity contribution in [3.8, 4) is 0 Å². The molecule has 4 nitrogen and oxygen atoms in total. The highest BCUT2D eigenvalue weighted by molar-refractivity contribution is 7.91. The van der Waals surface area contributed by atoms with Crippen molar-refractivity contribution in [2.75, 3.05) is 12.3 Å². The highest BCUT2D eigenvalue weighted by Crippen LogP contribution is 2.12. The second-order valence-electron chi connectivity index (χ2n) is 5.06. The summed E-state index contributed by atoms with van der Waals surface area (Å²) in [5.41, 5.74) is 1.33. The molecule has 0 aliphatic heterocycles. The molecular weight excluding hydrogens is 317 g/mol. The first kappa shape index (κ1) is 17.1. The van der Waals surface area contributed by atoms with Gasteiger partial charge >= 0.3 is 0 Å². The first-order chi connectivity index (χ1) is 10.9. The van der Waals surface area contributed by atoms with Gasteiger partial charge in [-0.25, -0.2) is 12.8 Å². The van der Waals surface area contributed by atoms with E-state index in [1.807, 2.05) is 0 Å². The molecule has 0 aliphatic carbocycles. The van der Waals surface area contributed by atoms with Crippen molar-refractivity contribution in [3.05, 3.63) is 65.5 Å². The molecule has 0 aromatic heterocycles. The molecule has 0 atom stereocenters. The monoisotopic (exact) mass is 335 g/mol. The number of carbonyl (C=O) groups excluding carboxylic acids is 1. The minimum absolute atomic E-state index is 0.0695. The smallest absolute Gasteiger partial charge is 0.251 e. The van der Waals surface area contributed by atoms with E-state index in [1.54, 1.807) is 31.2 Å². The van der Waals surface area contributed by atoms with Crippen LogP contribution < -0.4 is 5.32 Å². The van der Waals surface area contributed by atoms with E-state index in [0.29, 0.717) is 23.4 Å². The molecule has 2 aromatic carbocycles. The van der Waals surface area contributed by atoms with Gasteiger partial charge in [0.2, 0.25) is 0 Å². The van der Waals surface area contributed by atoms with E-state index in [0.717, 1.165) is 5.56 Å². The van der Waals surface area contributed by atoms with Gasteiger partial charge < -0.3 is 5.32 Å². The van der Waals surface area contributed by atoms with Crippen LogP contribution in [0.1, 0.15) is 22.8 Å². The summed E-state index contributed by atoms with van der Waals surface area (Å²) in [5.74, 6) is -0.584. The number of hydrogen-bond acceptors (Lipinski definition) is 3. The van der Waals surface area contributed by atoms with Crippen LogP contribution in [0.5, 0.6) is 0 Å². The first-order valence-electron chi connectivity index (χ1n) is 7.28. The topological polar surface area (TPSA) is 63.2 Å². The van der Waals surface area contributed by atoms with Crippen LogP contribution in [0.3, 0.4) is 0 Å². The Morgan fingerprint density at radius 1 is 1.04 bits per heavy atom. The Morgan fingerprint density at radius 3 is 2.22 bits per heavy atom. The Hall–Kier alpha value is -2.21. The molecule has 1 N–H and O–H groups in total. The molecule has 0 heterocycles. The predicted octanol–water partition coefficient (Wildman–Crippen LogP) is 2.59. The zero-order valence-corrected chi connectivity index (χ0v) is 13.6. The first-order valence-corrected chi connectivity index (χ1v) is 8.93. The van der Waals surface area contributed by atoms with Crippen LogP contribution in [0.4, 0.5) is 4.39 Å². The van der Waals surface area contributed by atoms with Gasteiger partial charge in [0.1, 0.15) is 5.82 Å². The molecule has 1 amide bonds. The summed E-state index contributed by atoms with van der Waals surface area (Å²) < 4.78 is 36.2. The van der Waals surface area contributed by atoms with Crippen LogP contribution >= 0.6 is 0 Å². The Bertz CT molecular complexity index is 768. The molecule has 0 fully saturated rings. The fourth-order valence-corrected chi connectivity index (χ4v) is 2.94. The maximum Gasteiger partial charge on any atom is 0.251 e. The van der Waals surface area contributed by atoms with Crippen molar-refractivity contribution in [2.45, 2.75) is 18.2 Å². The summed E-state index contributed by atoms with van der Waals surface area (Å²) in [5, 5.41) is 2.74. The molecule has 0 saturated heterocycles. The third kappa shape index (κ3) is 4.63. The lowest BCUT2D eigenvalue weighted by Crippen LogP contribution is -2.25. The van der Waals surface area contributed by atoms with Gasteiger partial charge in [-0.2, -0.15) is 0 Å². The molecular formula is C17H18FNO3S. The summed E-state index contributed by atoms with van der Waals surface area (Å²) in [4.78, 5) is 12.2. The van der Waals surface area contributed by atoms with Crippen LogP contribution in [0.2, 0.25) is 0 Å². The minimum Gasteiger partial charge on any atom is -0.352 e.